The van der Waals surface area contributed by atoms with Crippen LogP contribution in [0.1, 0.15) is 5.56 Å². The zero-order valence-corrected chi connectivity index (χ0v) is 8.75. The van der Waals surface area contributed by atoms with Gasteiger partial charge in [-0.1, -0.05) is 45.5 Å². The number of halogens is 5. The summed E-state index contributed by atoms with van der Waals surface area (Å²) in [7, 11) is 0. The van der Waals surface area contributed by atoms with Crippen molar-refractivity contribution in [3.8, 4) is 0 Å². The normalized spacial score (nSPS) is 11.8. The Labute approximate surface area is 87.3 Å². The smallest absolute Gasteiger partial charge is 0.449 e. The Bertz CT molecular complexity index is 313. The van der Waals surface area contributed by atoms with E-state index in [0.717, 1.165) is 0 Å². The van der Waals surface area contributed by atoms with Crippen molar-refractivity contribution in [2.75, 3.05) is 0 Å². The summed E-state index contributed by atoms with van der Waals surface area (Å²) in [6.45, 7) is -4.79. The zero-order chi connectivity index (χ0) is 10.1. The molecule has 1 rings (SSSR count). The van der Waals surface area contributed by atoms with Crippen LogP contribution >= 0.6 is 27.5 Å². The first-order valence-electron chi connectivity index (χ1n) is 3.53. The van der Waals surface area contributed by atoms with Gasteiger partial charge in [0.05, 0.1) is 0 Å². The molecule has 0 aliphatic rings. The van der Waals surface area contributed by atoms with Crippen molar-refractivity contribution in [1.82, 2.24) is 0 Å². The van der Waals surface area contributed by atoms with Crippen LogP contribution in [0.15, 0.2) is 22.7 Å². The summed E-state index contributed by atoms with van der Waals surface area (Å²) < 4.78 is 36.5. The highest BCUT2D eigenvalue weighted by atomic mass is 79.9. The molecule has 0 atom stereocenters. The lowest BCUT2D eigenvalue weighted by Crippen LogP contribution is -2.19. The molecule has 0 aliphatic carbocycles. The van der Waals surface area contributed by atoms with Gasteiger partial charge in [-0.3, -0.25) is 0 Å². The van der Waals surface area contributed by atoms with Crippen LogP contribution in [0.25, 0.3) is 0 Å². The molecule has 72 valence electrons. The van der Waals surface area contributed by atoms with Crippen molar-refractivity contribution in [1.29, 1.82) is 0 Å². The van der Waals surface area contributed by atoms with E-state index < -0.39 is 13.3 Å². The van der Waals surface area contributed by atoms with Crippen molar-refractivity contribution >= 4 is 34.5 Å². The maximum Gasteiger partial charge on any atom is 0.482 e. The maximum absolute atomic E-state index is 12.0. The molecule has 0 unspecified atom stereocenters. The first kappa shape index (κ1) is 10.9. The quantitative estimate of drug-likeness (QED) is 0.713. The monoisotopic (exact) mass is 271 g/mol. The van der Waals surface area contributed by atoms with Gasteiger partial charge in [-0.25, -0.2) is 0 Å². The Kier molecular flexibility index (Phi) is 3.30. The van der Waals surface area contributed by atoms with Gasteiger partial charge in [0.15, 0.2) is 0 Å². The van der Waals surface area contributed by atoms with Crippen LogP contribution in [0, 0.1) is 0 Å². The van der Waals surface area contributed by atoms with Gasteiger partial charge in [0.2, 0.25) is 0 Å². The highest BCUT2D eigenvalue weighted by molar-refractivity contribution is 9.10. The summed E-state index contributed by atoms with van der Waals surface area (Å²) >= 11 is 8.61. The van der Waals surface area contributed by atoms with Crippen molar-refractivity contribution in [2.45, 2.75) is 6.32 Å². The topological polar surface area (TPSA) is 0 Å². The largest absolute Gasteiger partial charge is 0.482 e. The molecule has 0 N–H and O–H groups in total. The standard InChI is InChI=1S/C7H5BBrClF3/c9-7-3-6(10)2-1-5(7)4-8(11,12)13/h1-3H,4H2/q-1. The SMILES string of the molecule is F[B-](F)(F)Cc1ccc(Cl)cc1Br. The molecule has 0 saturated heterocycles. The van der Waals surface area contributed by atoms with E-state index in [4.69, 9.17) is 11.6 Å². The fourth-order valence-corrected chi connectivity index (χ4v) is 1.78. The average molecular weight is 272 g/mol. The van der Waals surface area contributed by atoms with Crippen molar-refractivity contribution < 1.29 is 12.9 Å². The van der Waals surface area contributed by atoms with Crippen LogP contribution < -0.4 is 0 Å². The molecule has 1 aromatic rings. The molecule has 13 heavy (non-hydrogen) atoms. The van der Waals surface area contributed by atoms with Crippen LogP contribution in [-0.2, 0) is 6.32 Å². The second-order valence-electron chi connectivity index (χ2n) is 2.65. The number of benzene rings is 1. The summed E-state index contributed by atoms with van der Waals surface area (Å²) in [6, 6.07) is 4.28. The number of hydrogen-bond donors (Lipinski definition) is 0. The molecule has 0 aromatic heterocycles. The van der Waals surface area contributed by atoms with E-state index in [1.54, 1.807) is 0 Å². The van der Waals surface area contributed by atoms with Crippen molar-refractivity contribution in [3.63, 3.8) is 0 Å². The highest BCUT2D eigenvalue weighted by Gasteiger charge is 2.24. The van der Waals surface area contributed by atoms with Gasteiger partial charge >= 0.3 is 6.98 Å². The van der Waals surface area contributed by atoms with E-state index >= 15 is 0 Å². The van der Waals surface area contributed by atoms with Gasteiger partial charge in [0, 0.05) is 9.50 Å². The molecule has 0 saturated carbocycles. The second kappa shape index (κ2) is 3.92. The summed E-state index contributed by atoms with van der Waals surface area (Å²) in [4.78, 5) is 0. The predicted octanol–water partition coefficient (Wildman–Crippen LogP) is 4.03. The van der Waals surface area contributed by atoms with Gasteiger partial charge in [-0.15, -0.1) is 0 Å². The molecule has 0 aliphatic heterocycles. The first-order chi connectivity index (χ1) is 5.88. The van der Waals surface area contributed by atoms with Crippen molar-refractivity contribution in [2.24, 2.45) is 0 Å². The van der Waals surface area contributed by atoms with Gasteiger partial charge in [-0.05, 0) is 12.1 Å². The molecule has 0 bridgehead atoms. The Balaban J connectivity index is 2.90. The maximum atomic E-state index is 12.0. The average Bonchev–Trinajstić information content (AvgIpc) is 1.93. The lowest BCUT2D eigenvalue weighted by atomic mass is 9.82. The molecular weight excluding hydrogens is 267 g/mol. The van der Waals surface area contributed by atoms with Crippen LogP contribution in [0.2, 0.25) is 5.02 Å². The van der Waals surface area contributed by atoms with Crippen molar-refractivity contribution in [3.05, 3.63) is 33.3 Å². The van der Waals surface area contributed by atoms with E-state index in [9.17, 15) is 12.9 Å². The van der Waals surface area contributed by atoms with Gasteiger partial charge in [0.1, 0.15) is 0 Å². The minimum Gasteiger partial charge on any atom is -0.449 e. The molecule has 0 radical (unpaired) electrons. The fraction of sp³-hybridized carbons (Fsp3) is 0.143. The molecule has 0 amide bonds. The van der Waals surface area contributed by atoms with Crippen LogP contribution in [0.5, 0.6) is 0 Å². The first-order valence-corrected chi connectivity index (χ1v) is 4.70. The Hall–Kier alpha value is -0.155. The Morgan fingerprint density at radius 1 is 1.31 bits per heavy atom. The zero-order valence-electron chi connectivity index (χ0n) is 6.41. The van der Waals surface area contributed by atoms with E-state index in [0.29, 0.717) is 9.50 Å². The van der Waals surface area contributed by atoms with Gasteiger partial charge in [-0.2, -0.15) is 0 Å². The van der Waals surface area contributed by atoms with Gasteiger partial charge < -0.3 is 12.9 Å². The third kappa shape index (κ3) is 3.61. The van der Waals surface area contributed by atoms with E-state index in [1.807, 2.05) is 0 Å². The summed E-state index contributed by atoms with van der Waals surface area (Å²) in [5, 5.41) is 0.422. The van der Waals surface area contributed by atoms with E-state index in [-0.39, 0.29) is 5.56 Å². The van der Waals surface area contributed by atoms with Crippen LogP contribution in [0.4, 0.5) is 12.9 Å². The molecule has 0 spiro atoms. The highest BCUT2D eigenvalue weighted by Crippen LogP contribution is 2.25. The minimum atomic E-state index is -4.79. The van der Waals surface area contributed by atoms with E-state index in [2.05, 4.69) is 15.9 Å². The number of hydrogen-bond acceptors (Lipinski definition) is 0. The molecule has 1 aromatic carbocycles. The molecule has 0 fully saturated rings. The van der Waals surface area contributed by atoms with Crippen LogP contribution in [0.3, 0.4) is 0 Å². The third-order valence-electron chi connectivity index (χ3n) is 1.47. The van der Waals surface area contributed by atoms with Crippen LogP contribution in [-0.4, -0.2) is 6.98 Å². The fourth-order valence-electron chi connectivity index (χ4n) is 0.937. The predicted molar refractivity (Wildman–Crippen MR) is 51.9 cm³/mol. The minimum absolute atomic E-state index is 0.219. The lowest BCUT2D eigenvalue weighted by molar-refractivity contribution is 0.468. The third-order valence-corrected chi connectivity index (χ3v) is 2.44. The van der Waals surface area contributed by atoms with E-state index in [1.165, 1.54) is 18.2 Å². The second-order valence-corrected chi connectivity index (χ2v) is 3.94. The summed E-state index contributed by atoms with van der Waals surface area (Å²) in [5.41, 5.74) is 0.219. The summed E-state index contributed by atoms with van der Waals surface area (Å²) in [5.74, 6) is 0. The van der Waals surface area contributed by atoms with Gasteiger partial charge in [0.25, 0.3) is 0 Å². The summed E-state index contributed by atoms with van der Waals surface area (Å²) in [6.07, 6.45) is -0.877. The Morgan fingerprint density at radius 2 is 1.92 bits per heavy atom. The molecule has 0 nitrogen and oxygen atoms in total. The molecule has 0 heterocycles. The number of rotatable bonds is 2. The molecule has 6 heteroatoms. The Morgan fingerprint density at radius 3 is 2.38 bits per heavy atom. The lowest BCUT2D eigenvalue weighted by Gasteiger charge is -2.14. The molecular formula is C7H5BBrClF3-.